The summed E-state index contributed by atoms with van der Waals surface area (Å²) in [7, 11) is 0. The molecule has 0 saturated heterocycles. The minimum Gasteiger partial charge on any atom is -0.451 e. The van der Waals surface area contributed by atoms with Crippen LogP contribution in [0.3, 0.4) is 0 Å². The Balaban J connectivity index is 1.38. The molecule has 2 amide bonds. The molecule has 10 heteroatoms. The van der Waals surface area contributed by atoms with Gasteiger partial charge in [-0.05, 0) is 30.7 Å². The van der Waals surface area contributed by atoms with Gasteiger partial charge in [-0.2, -0.15) is 0 Å². The monoisotopic (exact) mass is 422 g/mol. The number of nitrogens with zero attached hydrogens (tertiary/aromatic N) is 2. The van der Waals surface area contributed by atoms with Crippen molar-refractivity contribution in [2.45, 2.75) is 11.8 Å². The van der Waals surface area contributed by atoms with E-state index in [1.54, 1.807) is 36.5 Å². The SMILES string of the molecule is O=C(Nc1nc2c(C(=O)Nc3ncc[nH]3)cccc2[nH]1)c1cc2c(o1)C=CC(Cl)C2. The molecule has 0 aliphatic heterocycles. The highest BCUT2D eigenvalue weighted by Gasteiger charge is 2.21. The average molecular weight is 423 g/mol. The van der Waals surface area contributed by atoms with Crippen molar-refractivity contribution in [3.63, 3.8) is 0 Å². The van der Waals surface area contributed by atoms with Crippen molar-refractivity contribution >= 4 is 52.4 Å². The fourth-order valence-electron chi connectivity index (χ4n) is 3.28. The number of hydrogen-bond acceptors (Lipinski definition) is 5. The molecule has 150 valence electrons. The number of benzene rings is 1. The summed E-state index contributed by atoms with van der Waals surface area (Å²) in [5.41, 5.74) is 2.24. The van der Waals surface area contributed by atoms with Gasteiger partial charge >= 0.3 is 0 Å². The standard InChI is InChI=1S/C20H15ClN6O3/c21-11-4-5-14-10(8-11)9-15(30-14)18(29)27-20-24-13-3-1-2-12(16(13)25-20)17(28)26-19-22-6-7-23-19/h1-7,9,11H,8H2,(H2,22,23,26,28)(H2,24,25,27,29). The zero-order chi connectivity index (χ0) is 20.7. The van der Waals surface area contributed by atoms with Crippen LogP contribution in [0.2, 0.25) is 0 Å². The molecule has 1 aliphatic rings. The van der Waals surface area contributed by atoms with Gasteiger partial charge in [-0.1, -0.05) is 12.1 Å². The number of imidazole rings is 2. The number of halogens is 1. The Labute approximate surface area is 174 Å². The number of H-pyrrole nitrogens is 2. The summed E-state index contributed by atoms with van der Waals surface area (Å²) in [4.78, 5) is 39.3. The normalized spacial score (nSPS) is 15.2. The lowest BCUT2D eigenvalue weighted by Crippen LogP contribution is -2.13. The lowest BCUT2D eigenvalue weighted by atomic mass is 10.0. The molecule has 3 aromatic heterocycles. The topological polar surface area (TPSA) is 129 Å². The van der Waals surface area contributed by atoms with Crippen molar-refractivity contribution in [3.8, 4) is 0 Å². The number of aromatic nitrogens is 4. The number of anilines is 2. The quantitative estimate of drug-likeness (QED) is 0.374. The largest absolute Gasteiger partial charge is 0.451 e. The van der Waals surface area contributed by atoms with Crippen molar-refractivity contribution in [2.75, 3.05) is 10.6 Å². The van der Waals surface area contributed by atoms with Crippen molar-refractivity contribution in [1.29, 1.82) is 0 Å². The number of hydrogen-bond donors (Lipinski definition) is 4. The summed E-state index contributed by atoms with van der Waals surface area (Å²) >= 11 is 6.11. The Hall–Kier alpha value is -3.85. The minimum atomic E-state index is -0.454. The van der Waals surface area contributed by atoms with Gasteiger partial charge in [0.25, 0.3) is 11.8 Å². The van der Waals surface area contributed by atoms with Crippen LogP contribution in [0.1, 0.15) is 32.2 Å². The van der Waals surface area contributed by atoms with E-state index in [-0.39, 0.29) is 23.0 Å². The van der Waals surface area contributed by atoms with E-state index in [1.807, 2.05) is 6.08 Å². The number of amides is 2. The zero-order valence-electron chi connectivity index (χ0n) is 15.4. The number of carbonyl (C=O) groups is 2. The van der Waals surface area contributed by atoms with E-state index in [0.29, 0.717) is 34.7 Å². The van der Waals surface area contributed by atoms with Crippen LogP contribution in [0.5, 0.6) is 0 Å². The number of para-hydroxylation sites is 1. The molecular weight excluding hydrogens is 408 g/mol. The molecule has 0 spiro atoms. The van der Waals surface area contributed by atoms with Crippen LogP contribution in [-0.2, 0) is 6.42 Å². The minimum absolute atomic E-state index is 0.118. The number of rotatable bonds is 4. The number of carbonyl (C=O) groups excluding carboxylic acids is 2. The highest BCUT2D eigenvalue weighted by Crippen LogP contribution is 2.26. The van der Waals surface area contributed by atoms with Crippen LogP contribution in [0.4, 0.5) is 11.9 Å². The van der Waals surface area contributed by atoms with Gasteiger partial charge in [0.2, 0.25) is 11.9 Å². The molecule has 9 nitrogen and oxygen atoms in total. The number of alkyl halides is 1. The van der Waals surface area contributed by atoms with Gasteiger partial charge in [0.05, 0.1) is 16.5 Å². The van der Waals surface area contributed by atoms with E-state index in [0.717, 1.165) is 5.56 Å². The van der Waals surface area contributed by atoms with Gasteiger partial charge < -0.3 is 14.4 Å². The Kier molecular flexibility index (Phi) is 4.36. The average Bonchev–Trinajstić information content (AvgIpc) is 3.45. The van der Waals surface area contributed by atoms with E-state index in [1.165, 1.54) is 6.20 Å². The maximum absolute atomic E-state index is 12.6. The highest BCUT2D eigenvalue weighted by molar-refractivity contribution is 6.22. The van der Waals surface area contributed by atoms with Gasteiger partial charge in [-0.15, -0.1) is 11.6 Å². The first-order valence-corrected chi connectivity index (χ1v) is 9.56. The van der Waals surface area contributed by atoms with Crippen LogP contribution in [0, 0.1) is 0 Å². The molecule has 1 aliphatic carbocycles. The summed E-state index contributed by atoms with van der Waals surface area (Å²) in [5.74, 6) is 0.486. The molecule has 1 unspecified atom stereocenters. The molecule has 30 heavy (non-hydrogen) atoms. The second-order valence-corrected chi connectivity index (χ2v) is 7.27. The Bertz CT molecular complexity index is 1290. The molecule has 1 atom stereocenters. The summed E-state index contributed by atoms with van der Waals surface area (Å²) < 4.78 is 5.61. The predicted octanol–water partition coefficient (Wildman–Crippen LogP) is 3.56. The lowest BCUT2D eigenvalue weighted by Gasteiger charge is -2.07. The van der Waals surface area contributed by atoms with Crippen LogP contribution >= 0.6 is 11.6 Å². The zero-order valence-corrected chi connectivity index (χ0v) is 16.2. The molecule has 0 bridgehead atoms. The van der Waals surface area contributed by atoms with Crippen LogP contribution in [-0.4, -0.2) is 37.1 Å². The molecule has 3 heterocycles. The van der Waals surface area contributed by atoms with Gasteiger partial charge in [0.15, 0.2) is 5.76 Å². The van der Waals surface area contributed by atoms with Crippen molar-refractivity contribution in [2.24, 2.45) is 0 Å². The van der Waals surface area contributed by atoms with Crippen LogP contribution < -0.4 is 10.6 Å². The van der Waals surface area contributed by atoms with Crippen molar-refractivity contribution in [1.82, 2.24) is 19.9 Å². The maximum Gasteiger partial charge on any atom is 0.293 e. The number of aromatic amines is 2. The third-order valence-electron chi connectivity index (χ3n) is 4.66. The van der Waals surface area contributed by atoms with Gasteiger partial charge in [0, 0.05) is 18.0 Å². The number of nitrogens with one attached hydrogen (secondary N) is 4. The summed E-state index contributed by atoms with van der Waals surface area (Å²) in [5, 5.41) is 5.21. The third-order valence-corrected chi connectivity index (χ3v) is 4.96. The van der Waals surface area contributed by atoms with E-state index in [9.17, 15) is 9.59 Å². The van der Waals surface area contributed by atoms with Gasteiger partial charge in [-0.25, -0.2) is 9.97 Å². The molecule has 0 radical (unpaired) electrons. The van der Waals surface area contributed by atoms with E-state index in [4.69, 9.17) is 16.0 Å². The van der Waals surface area contributed by atoms with E-state index in [2.05, 4.69) is 30.6 Å². The van der Waals surface area contributed by atoms with Crippen molar-refractivity contribution in [3.05, 3.63) is 65.4 Å². The summed E-state index contributed by atoms with van der Waals surface area (Å²) in [6, 6.07) is 6.80. The van der Waals surface area contributed by atoms with Crippen molar-refractivity contribution < 1.29 is 14.0 Å². The molecule has 4 N–H and O–H groups in total. The predicted molar refractivity (Wildman–Crippen MR) is 112 cm³/mol. The smallest absolute Gasteiger partial charge is 0.293 e. The summed E-state index contributed by atoms with van der Waals surface area (Å²) in [6.07, 6.45) is 7.33. The molecular formula is C20H15ClN6O3. The fourth-order valence-corrected chi connectivity index (χ4v) is 3.52. The Morgan fingerprint density at radius 1 is 1.20 bits per heavy atom. The first-order chi connectivity index (χ1) is 14.6. The second kappa shape index (κ2) is 7.20. The van der Waals surface area contributed by atoms with Crippen LogP contribution in [0.15, 0.2) is 47.2 Å². The molecule has 5 rings (SSSR count). The molecule has 1 aromatic carbocycles. The third kappa shape index (κ3) is 3.35. The Morgan fingerprint density at radius 3 is 2.90 bits per heavy atom. The van der Waals surface area contributed by atoms with Gasteiger partial charge in [-0.3, -0.25) is 20.2 Å². The van der Waals surface area contributed by atoms with E-state index < -0.39 is 5.91 Å². The summed E-state index contributed by atoms with van der Waals surface area (Å²) in [6.45, 7) is 0. The lowest BCUT2D eigenvalue weighted by molar-refractivity contribution is 0.0993. The number of allylic oxidation sites excluding steroid dienone is 1. The Morgan fingerprint density at radius 2 is 2.07 bits per heavy atom. The first-order valence-electron chi connectivity index (χ1n) is 9.12. The number of fused-ring (bicyclic) bond motifs is 2. The molecule has 0 saturated carbocycles. The van der Waals surface area contributed by atoms with Gasteiger partial charge in [0.1, 0.15) is 11.3 Å². The molecule has 4 aromatic rings. The second-order valence-electron chi connectivity index (χ2n) is 6.71. The maximum atomic E-state index is 12.6. The molecule has 0 fully saturated rings. The first kappa shape index (κ1) is 18.2. The highest BCUT2D eigenvalue weighted by atomic mass is 35.5. The van der Waals surface area contributed by atoms with E-state index >= 15 is 0 Å². The van der Waals surface area contributed by atoms with Crippen LogP contribution in [0.25, 0.3) is 17.1 Å². The fraction of sp³-hybridized carbons (Fsp3) is 0.100. The number of furan rings is 1.